The Balaban J connectivity index is 2.60. The molecule has 0 saturated carbocycles. The molecule has 8 heteroatoms. The first-order chi connectivity index (χ1) is 10.7. The average Bonchev–Trinajstić information content (AvgIpc) is 2.47. The second-order valence-electron chi connectivity index (χ2n) is 5.49. The van der Waals surface area contributed by atoms with Crippen LogP contribution >= 0.6 is 0 Å². The van der Waals surface area contributed by atoms with Gasteiger partial charge in [-0.25, -0.2) is 13.6 Å². The number of aliphatic carboxylic acids is 1. The third kappa shape index (κ3) is 5.57. The first-order valence-electron chi connectivity index (χ1n) is 6.91. The van der Waals surface area contributed by atoms with Gasteiger partial charge >= 0.3 is 5.97 Å². The highest BCUT2D eigenvalue weighted by Crippen LogP contribution is 2.11. The molecule has 1 rings (SSSR count). The number of benzene rings is 1. The van der Waals surface area contributed by atoms with Crippen molar-refractivity contribution in [2.75, 3.05) is 13.7 Å². The Labute approximate surface area is 132 Å². The van der Waals surface area contributed by atoms with E-state index >= 15 is 0 Å². The van der Waals surface area contributed by atoms with Gasteiger partial charge in [0.15, 0.2) is 6.04 Å². The topological polar surface area (TPSA) is 87.7 Å². The van der Waals surface area contributed by atoms with Gasteiger partial charge in [-0.05, 0) is 27.0 Å². The molecule has 0 radical (unpaired) electrons. The van der Waals surface area contributed by atoms with E-state index in [0.717, 1.165) is 6.07 Å². The number of ether oxygens (including phenoxy) is 1. The summed E-state index contributed by atoms with van der Waals surface area (Å²) in [5, 5.41) is 14.2. The van der Waals surface area contributed by atoms with Crippen LogP contribution in [0.5, 0.6) is 0 Å². The smallest absolute Gasteiger partial charge is 0.328 e. The number of carbonyl (C=O) groups excluding carboxylic acids is 1. The van der Waals surface area contributed by atoms with Gasteiger partial charge in [-0.2, -0.15) is 0 Å². The Kier molecular flexibility index (Phi) is 6.59. The second-order valence-corrected chi connectivity index (χ2v) is 5.49. The molecule has 0 heterocycles. The van der Waals surface area contributed by atoms with Crippen molar-refractivity contribution >= 4 is 11.9 Å². The molecule has 0 aliphatic carbocycles. The predicted molar refractivity (Wildman–Crippen MR) is 78.7 cm³/mol. The lowest BCUT2D eigenvalue weighted by Crippen LogP contribution is -2.56. The molecule has 23 heavy (non-hydrogen) atoms. The van der Waals surface area contributed by atoms with Crippen LogP contribution in [-0.4, -0.2) is 42.2 Å². The molecule has 1 aromatic rings. The molecule has 0 saturated heterocycles. The first-order valence-corrected chi connectivity index (χ1v) is 6.91. The van der Waals surface area contributed by atoms with Crippen LogP contribution in [0.25, 0.3) is 0 Å². The zero-order chi connectivity index (χ0) is 17.6. The average molecular weight is 330 g/mol. The maximum atomic E-state index is 13.4. The zero-order valence-corrected chi connectivity index (χ0v) is 13.2. The van der Waals surface area contributed by atoms with Gasteiger partial charge in [0, 0.05) is 11.6 Å². The lowest BCUT2D eigenvalue weighted by molar-refractivity contribution is -0.144. The summed E-state index contributed by atoms with van der Waals surface area (Å²) >= 11 is 0. The van der Waals surface area contributed by atoms with Crippen LogP contribution in [0.3, 0.4) is 0 Å². The van der Waals surface area contributed by atoms with E-state index in [9.17, 15) is 18.4 Å². The minimum atomic E-state index is -1.28. The lowest BCUT2D eigenvalue weighted by atomic mass is 10.0. The normalized spacial score (nSPS) is 12.7. The maximum Gasteiger partial charge on any atom is 0.328 e. The van der Waals surface area contributed by atoms with E-state index in [4.69, 9.17) is 9.84 Å². The molecule has 0 aromatic heterocycles. The third-order valence-electron chi connectivity index (χ3n) is 3.35. The van der Waals surface area contributed by atoms with Crippen LogP contribution in [0.15, 0.2) is 18.2 Å². The largest absolute Gasteiger partial charge is 0.480 e. The van der Waals surface area contributed by atoms with E-state index in [1.807, 2.05) is 0 Å². The quantitative estimate of drug-likeness (QED) is 0.663. The predicted octanol–water partition coefficient (Wildman–Crippen LogP) is 1.05. The minimum absolute atomic E-state index is 0.0948. The van der Waals surface area contributed by atoms with Crippen molar-refractivity contribution in [2.24, 2.45) is 0 Å². The Morgan fingerprint density at radius 1 is 1.35 bits per heavy atom. The van der Waals surface area contributed by atoms with Crippen LogP contribution in [0.2, 0.25) is 0 Å². The Morgan fingerprint density at radius 2 is 2.00 bits per heavy atom. The van der Waals surface area contributed by atoms with Crippen molar-refractivity contribution in [1.29, 1.82) is 0 Å². The second kappa shape index (κ2) is 7.98. The van der Waals surface area contributed by atoms with Gasteiger partial charge in [0.1, 0.15) is 11.6 Å². The lowest BCUT2D eigenvalue weighted by Gasteiger charge is -2.25. The summed E-state index contributed by atoms with van der Waals surface area (Å²) in [7, 11) is 1.57. The van der Waals surface area contributed by atoms with Crippen molar-refractivity contribution in [3.8, 4) is 0 Å². The molecule has 1 aromatic carbocycles. The molecule has 3 N–H and O–H groups in total. The van der Waals surface area contributed by atoms with Crippen LogP contribution in [-0.2, 0) is 20.9 Å². The monoisotopic (exact) mass is 330 g/mol. The van der Waals surface area contributed by atoms with Gasteiger partial charge < -0.3 is 20.5 Å². The van der Waals surface area contributed by atoms with E-state index < -0.39 is 35.1 Å². The SMILES string of the molecule is CNC(C)(C)C(=O)NC(COCc1ccc(F)cc1F)C(=O)O. The number of rotatable bonds is 8. The summed E-state index contributed by atoms with van der Waals surface area (Å²) in [6.07, 6.45) is 0. The van der Waals surface area contributed by atoms with Gasteiger partial charge in [0.05, 0.1) is 18.8 Å². The molecular weight excluding hydrogens is 310 g/mol. The van der Waals surface area contributed by atoms with Gasteiger partial charge in [0.25, 0.3) is 0 Å². The summed E-state index contributed by atoms with van der Waals surface area (Å²) in [5.74, 6) is -3.28. The van der Waals surface area contributed by atoms with Gasteiger partial charge in [-0.15, -0.1) is 0 Å². The highest BCUT2D eigenvalue weighted by molar-refractivity contribution is 5.89. The Morgan fingerprint density at radius 3 is 2.52 bits per heavy atom. The van der Waals surface area contributed by atoms with E-state index in [-0.39, 0.29) is 18.8 Å². The molecule has 1 unspecified atom stereocenters. The van der Waals surface area contributed by atoms with E-state index in [0.29, 0.717) is 6.07 Å². The fourth-order valence-corrected chi connectivity index (χ4v) is 1.55. The molecule has 6 nitrogen and oxygen atoms in total. The Bertz CT molecular complexity index is 579. The summed E-state index contributed by atoms with van der Waals surface area (Å²) in [4.78, 5) is 23.1. The third-order valence-corrected chi connectivity index (χ3v) is 3.35. The molecule has 0 aliphatic rings. The highest BCUT2D eigenvalue weighted by Gasteiger charge is 2.30. The fourth-order valence-electron chi connectivity index (χ4n) is 1.55. The first kappa shape index (κ1) is 19.0. The summed E-state index contributed by atoms with van der Waals surface area (Å²) in [6, 6.07) is 1.72. The number of nitrogens with one attached hydrogen (secondary N) is 2. The number of carboxylic acid groups (broad SMARTS) is 1. The number of hydrogen-bond donors (Lipinski definition) is 3. The fraction of sp³-hybridized carbons (Fsp3) is 0.467. The molecule has 0 aliphatic heterocycles. The van der Waals surface area contributed by atoms with Crippen molar-refractivity contribution in [1.82, 2.24) is 10.6 Å². The van der Waals surface area contributed by atoms with Gasteiger partial charge in [-0.1, -0.05) is 6.07 Å². The summed E-state index contributed by atoms with van der Waals surface area (Å²) in [6.45, 7) is 2.60. The van der Waals surface area contributed by atoms with Crippen LogP contribution < -0.4 is 10.6 Å². The molecule has 1 atom stereocenters. The summed E-state index contributed by atoms with van der Waals surface area (Å²) in [5.41, 5.74) is -0.853. The van der Waals surface area contributed by atoms with Gasteiger partial charge in [-0.3, -0.25) is 4.79 Å². The molecule has 1 amide bonds. The highest BCUT2D eigenvalue weighted by atomic mass is 19.1. The van der Waals surface area contributed by atoms with E-state index in [2.05, 4.69) is 10.6 Å². The number of carboxylic acids is 1. The number of amides is 1. The number of carbonyl (C=O) groups is 2. The van der Waals surface area contributed by atoms with Crippen LogP contribution in [0.4, 0.5) is 8.78 Å². The van der Waals surface area contributed by atoms with Crippen LogP contribution in [0.1, 0.15) is 19.4 Å². The van der Waals surface area contributed by atoms with E-state index in [1.54, 1.807) is 20.9 Å². The van der Waals surface area contributed by atoms with Gasteiger partial charge in [0.2, 0.25) is 5.91 Å². The number of hydrogen-bond acceptors (Lipinski definition) is 4. The molecule has 128 valence electrons. The number of halogens is 2. The Hall–Kier alpha value is -2.06. The summed E-state index contributed by atoms with van der Waals surface area (Å²) < 4.78 is 31.3. The number of likely N-dealkylation sites (N-methyl/N-ethyl adjacent to an activating group) is 1. The van der Waals surface area contributed by atoms with E-state index in [1.165, 1.54) is 6.07 Å². The van der Waals surface area contributed by atoms with Crippen molar-refractivity contribution in [3.05, 3.63) is 35.4 Å². The molecule has 0 fully saturated rings. The van der Waals surface area contributed by atoms with Crippen molar-refractivity contribution < 1.29 is 28.2 Å². The molecular formula is C15H20F2N2O4. The standard InChI is InChI=1S/C15H20F2N2O4/c1-15(2,18-3)14(22)19-12(13(20)21)8-23-7-9-4-5-10(16)6-11(9)17/h4-6,12,18H,7-8H2,1-3H3,(H,19,22)(H,20,21). The van der Waals surface area contributed by atoms with Crippen LogP contribution in [0, 0.1) is 11.6 Å². The zero-order valence-electron chi connectivity index (χ0n) is 13.2. The maximum absolute atomic E-state index is 13.4. The van der Waals surface area contributed by atoms with Crippen molar-refractivity contribution in [3.63, 3.8) is 0 Å². The van der Waals surface area contributed by atoms with Crippen molar-refractivity contribution in [2.45, 2.75) is 32.0 Å². The molecule has 0 spiro atoms. The minimum Gasteiger partial charge on any atom is -0.480 e. The molecule has 0 bridgehead atoms.